The summed E-state index contributed by atoms with van der Waals surface area (Å²) in [4.78, 5) is 0. The number of quaternary nitrogens is 1. The minimum Gasteiger partial charge on any atom is -0.542 e. The molecule has 3 aromatic carbocycles. The molecule has 0 saturated heterocycles. The molecule has 0 unspecified atom stereocenters. The highest BCUT2D eigenvalue weighted by molar-refractivity contribution is 6.77. The zero-order chi connectivity index (χ0) is 28.0. The van der Waals surface area contributed by atoms with E-state index in [1.54, 1.807) is 0 Å². The van der Waals surface area contributed by atoms with Crippen LogP contribution >= 0.6 is 0 Å². The van der Waals surface area contributed by atoms with Gasteiger partial charge in [-0.25, -0.2) is 43.9 Å². The molecule has 12 heteroatoms. The van der Waals surface area contributed by atoms with Crippen molar-refractivity contribution in [2.24, 2.45) is 0 Å². The number of benzene rings is 3. The zero-order valence-corrected chi connectivity index (χ0v) is 14.2. The molecule has 0 saturated carbocycles. The fraction of sp³-hybridized carbons (Fsp3) is 0. The Labute approximate surface area is 171 Å². The normalized spacial score (nSPS) is 13.6. The van der Waals surface area contributed by atoms with Crippen molar-refractivity contribution in [1.82, 2.24) is 0 Å². The van der Waals surface area contributed by atoms with Gasteiger partial charge in [-0.05, 0) is 0 Å². The second-order valence-electron chi connectivity index (χ2n) is 5.52. The molecule has 3 N–H and O–H groups in total. The van der Waals surface area contributed by atoms with Crippen molar-refractivity contribution < 1.29 is 57.8 Å². The fourth-order valence-electron chi connectivity index (χ4n) is 2.41. The van der Waals surface area contributed by atoms with Crippen molar-refractivity contribution >= 4 is 17.8 Å². The van der Waals surface area contributed by atoms with Crippen LogP contribution in [0.1, 0.15) is 8.22 Å². The Morgan fingerprint density at radius 1 is 0.433 bits per heavy atom. The van der Waals surface area contributed by atoms with Crippen LogP contribution in [0.4, 0.5) is 43.9 Å². The smallest absolute Gasteiger partial charge is 0.258 e. The number of rotatable bonds is 2. The van der Waals surface area contributed by atoms with Gasteiger partial charge in [0.05, 0.1) is 8.22 Å². The summed E-state index contributed by atoms with van der Waals surface area (Å²) in [7, 11) is 0. The van der Waals surface area contributed by atoms with Crippen LogP contribution in [-0.2, 0) is 0 Å². The van der Waals surface area contributed by atoms with Crippen molar-refractivity contribution in [2.75, 3.05) is 0 Å². The van der Waals surface area contributed by atoms with E-state index in [2.05, 4.69) is 5.64 Å². The first-order chi connectivity index (χ1) is 16.5. The van der Waals surface area contributed by atoms with Crippen LogP contribution in [0.5, 0.6) is 0 Å². The third kappa shape index (κ3) is 4.13. The molecule has 160 valence electrons. The molecule has 0 fully saturated rings. The summed E-state index contributed by atoms with van der Waals surface area (Å²) in [6, 6.07) is -2.74. The molecule has 3 rings (SSSR count). The monoisotopic (exact) mass is 447 g/mol. The lowest BCUT2D eigenvalue weighted by Gasteiger charge is -2.20. The van der Waals surface area contributed by atoms with Gasteiger partial charge in [0.2, 0.25) is 0 Å². The maximum atomic E-state index is 13.6. The van der Waals surface area contributed by atoms with Gasteiger partial charge in [0.1, 0.15) is 23.3 Å². The third-order valence-corrected chi connectivity index (χ3v) is 3.83. The number of hydrogen-bond acceptors (Lipinski definition) is 0. The van der Waals surface area contributed by atoms with Gasteiger partial charge in [0.25, 0.3) is 6.85 Å². The van der Waals surface area contributed by atoms with Gasteiger partial charge < -0.3 is 5.64 Å². The van der Waals surface area contributed by atoms with Crippen LogP contribution < -0.4 is 16.6 Å². The Morgan fingerprint density at radius 3 is 0.800 bits per heavy atom. The molecule has 0 heterocycles. The highest BCUT2D eigenvalue weighted by atomic mass is 19.2. The second kappa shape index (κ2) is 9.20. The van der Waals surface area contributed by atoms with Gasteiger partial charge >= 0.3 is 0 Å². The van der Waals surface area contributed by atoms with Crippen LogP contribution in [0.2, 0.25) is 0 Å². The molecule has 0 spiro atoms. The summed E-state index contributed by atoms with van der Waals surface area (Å²) >= 11 is 0. The van der Waals surface area contributed by atoms with Crippen LogP contribution in [0.15, 0.2) is 36.3 Å². The molecule has 3 aromatic rings. The summed E-state index contributed by atoms with van der Waals surface area (Å²) in [5.74, 6) is -24.7. The highest BCUT2D eigenvalue weighted by Gasteiger charge is 2.34. The highest BCUT2D eigenvalue weighted by Crippen LogP contribution is 2.19. The first kappa shape index (κ1) is 15.8. The molecule has 0 radical (unpaired) electrons. The quantitative estimate of drug-likeness (QED) is 0.271. The largest absolute Gasteiger partial charge is 0.542 e. The first-order valence-corrected chi connectivity index (χ1v) is 7.60. The second-order valence-corrected chi connectivity index (χ2v) is 5.52. The maximum absolute atomic E-state index is 13.6. The molecule has 1 nitrogen and oxygen atoms in total. The maximum Gasteiger partial charge on any atom is 0.258 e. The van der Waals surface area contributed by atoms with Crippen molar-refractivity contribution in [3.05, 3.63) is 94.4 Å². The molecule has 30 heavy (non-hydrogen) atoms. The van der Waals surface area contributed by atoms with Crippen molar-refractivity contribution in [3.63, 3.8) is 0 Å². The van der Waals surface area contributed by atoms with Crippen molar-refractivity contribution in [2.45, 2.75) is 0 Å². The van der Waals surface area contributed by atoms with Crippen LogP contribution in [-0.4, -0.2) is 6.85 Å². The van der Waals surface area contributed by atoms with E-state index in [0.717, 1.165) is 0 Å². The van der Waals surface area contributed by atoms with E-state index in [9.17, 15) is 43.9 Å². The van der Waals surface area contributed by atoms with E-state index in [4.69, 9.17) is 8.22 Å². The third-order valence-electron chi connectivity index (χ3n) is 3.83. The lowest BCUT2D eigenvalue weighted by molar-refractivity contribution is -0.185. The molecule has 0 atom stereocenters. The predicted molar refractivity (Wildman–Crippen MR) is 88.2 cm³/mol. The minimum absolute atomic E-state index is 0.457. The molecular weight excluding hydrogens is 431 g/mol. The number of halogens is 10. The average Bonchev–Trinajstić information content (AvgIpc) is 2.85. The Bertz CT molecular complexity index is 1160. The molecular formula is C18H10BF10N. The lowest BCUT2D eigenvalue weighted by Crippen LogP contribution is -2.79. The van der Waals surface area contributed by atoms with Crippen molar-refractivity contribution in [3.8, 4) is 0 Å². The Morgan fingerprint density at radius 2 is 0.600 bits per heavy atom. The Kier molecular flexibility index (Phi) is 4.84. The lowest BCUT2D eigenvalue weighted by atomic mass is 9.51. The van der Waals surface area contributed by atoms with Crippen molar-refractivity contribution in [1.29, 1.82) is 0 Å². The molecule has 0 aliphatic carbocycles. The topological polar surface area (TPSA) is 27.6 Å². The van der Waals surface area contributed by atoms with E-state index in [-0.39, 0.29) is 0 Å². The molecule has 0 aliphatic heterocycles. The average molecular weight is 447 g/mol. The SMILES string of the molecule is [2H]c1c([2H])c([2H])c([2H])c([2H])c1[2H].[NH3+][BH-](c1c(F)c(F)c(F)c(F)c1F)c1c(F)c(F)c(F)c(F)c1F. The Hall–Kier alpha value is -3.02. The van der Waals surface area contributed by atoms with E-state index >= 15 is 0 Å². The molecule has 0 bridgehead atoms. The summed E-state index contributed by atoms with van der Waals surface area (Å²) in [5.41, 5.74) is -0.653. The predicted octanol–water partition coefficient (Wildman–Crippen LogP) is 2.84. The van der Waals surface area contributed by atoms with Crippen LogP contribution in [0.25, 0.3) is 0 Å². The standard InChI is InChI=1S/C12H4BF10N.C6H6/c14-3-1(4(15)8(19)11(22)7(3)18)13(24)2-5(16)9(20)12(23)10(21)6(2)17;1-2-4-6-5-3-1/h13H,24H3;1-6H/i;1D,2D,3D,4D,5D,6D. The summed E-state index contributed by atoms with van der Waals surface area (Å²) in [5, 5.41) is 0. The van der Waals surface area contributed by atoms with Gasteiger partial charge in [-0.2, -0.15) is 0 Å². The van der Waals surface area contributed by atoms with E-state index in [1.807, 2.05) is 0 Å². The molecule has 0 amide bonds. The first-order valence-electron chi connectivity index (χ1n) is 10.6. The zero-order valence-electron chi connectivity index (χ0n) is 20.2. The number of hydrogen-bond donors (Lipinski definition) is 1. The van der Waals surface area contributed by atoms with Gasteiger partial charge in [0.15, 0.2) is 34.9 Å². The summed E-state index contributed by atoms with van der Waals surface area (Å²) < 4.78 is 176. The molecule has 0 aromatic heterocycles. The molecule has 0 aliphatic rings. The van der Waals surface area contributed by atoms with Gasteiger partial charge in [-0.15, -0.1) is 0 Å². The van der Waals surface area contributed by atoms with E-state index in [1.165, 1.54) is 0 Å². The summed E-state index contributed by atoms with van der Waals surface area (Å²) in [6.45, 7) is -3.61. The van der Waals surface area contributed by atoms with Gasteiger partial charge in [-0.1, -0.05) is 47.2 Å². The minimum atomic E-state index is -3.61. The van der Waals surface area contributed by atoms with Crippen LogP contribution in [0.3, 0.4) is 0 Å². The van der Waals surface area contributed by atoms with Gasteiger partial charge in [-0.3, -0.25) is 0 Å². The van der Waals surface area contributed by atoms with Crippen LogP contribution in [0, 0.1) is 58.2 Å². The summed E-state index contributed by atoms with van der Waals surface area (Å²) in [6.07, 6.45) is 0. The fourth-order valence-corrected chi connectivity index (χ4v) is 2.41. The van der Waals surface area contributed by atoms with Gasteiger partial charge in [0, 0.05) is 0 Å². The Balaban J connectivity index is 0.000000319. The van der Waals surface area contributed by atoms with E-state index in [0.29, 0.717) is 0 Å². The van der Waals surface area contributed by atoms with E-state index < -0.39 is 112 Å².